The van der Waals surface area contributed by atoms with Gasteiger partial charge in [-0.3, -0.25) is 9.59 Å². The van der Waals surface area contributed by atoms with E-state index in [1.807, 2.05) is 54.6 Å². The van der Waals surface area contributed by atoms with Gasteiger partial charge < -0.3 is 15.5 Å². The number of carbonyl (C=O) groups excluding carboxylic acids is 1. The molecule has 0 bridgehead atoms. The molecule has 0 unspecified atom stereocenters. The van der Waals surface area contributed by atoms with Gasteiger partial charge in [-0.15, -0.1) is 0 Å². The molecule has 5 nitrogen and oxygen atoms in total. The van der Waals surface area contributed by atoms with Crippen LogP contribution in [-0.2, 0) is 4.79 Å². The number of halogens is 1. The Balaban J connectivity index is 1.81. The Morgan fingerprint density at radius 3 is 2.21 bits per heavy atom. The predicted octanol–water partition coefficient (Wildman–Crippen LogP) is 5.16. The van der Waals surface area contributed by atoms with E-state index in [0.717, 1.165) is 16.7 Å². The molecule has 0 aliphatic rings. The lowest BCUT2D eigenvalue weighted by atomic mass is 9.98. The first kappa shape index (κ1) is 20.6. The average Bonchev–Trinajstić information content (AvgIpc) is 2.73. The van der Waals surface area contributed by atoms with Crippen molar-refractivity contribution < 1.29 is 19.8 Å². The number of nitrogens with one attached hydrogen (secondary N) is 1. The van der Waals surface area contributed by atoms with Crippen LogP contribution in [0.5, 0.6) is 5.75 Å². The number of aliphatic carboxylic acids is 1. The zero-order valence-corrected chi connectivity index (χ0v) is 17.1. The quantitative estimate of drug-likeness (QED) is 0.461. The Morgan fingerprint density at radius 1 is 0.931 bits per heavy atom. The summed E-state index contributed by atoms with van der Waals surface area (Å²) in [4.78, 5) is 23.7. The van der Waals surface area contributed by atoms with Crippen molar-refractivity contribution in [2.45, 2.75) is 18.9 Å². The fourth-order valence-electron chi connectivity index (χ4n) is 3.02. The van der Waals surface area contributed by atoms with Crippen LogP contribution in [0.2, 0.25) is 0 Å². The van der Waals surface area contributed by atoms with Crippen LogP contribution >= 0.6 is 15.9 Å². The van der Waals surface area contributed by atoms with Crippen LogP contribution < -0.4 is 5.32 Å². The van der Waals surface area contributed by atoms with Gasteiger partial charge in [0.05, 0.1) is 10.5 Å². The highest BCUT2D eigenvalue weighted by atomic mass is 79.9. The van der Waals surface area contributed by atoms with Crippen molar-refractivity contribution in [1.82, 2.24) is 5.32 Å². The summed E-state index contributed by atoms with van der Waals surface area (Å²) in [6, 6.07) is 21.7. The van der Waals surface area contributed by atoms with Crippen LogP contribution in [0.25, 0.3) is 11.1 Å². The molecule has 0 saturated heterocycles. The van der Waals surface area contributed by atoms with Gasteiger partial charge in [-0.1, -0.05) is 54.6 Å². The summed E-state index contributed by atoms with van der Waals surface area (Å²) in [6.07, 6.45) is 0.204. The minimum absolute atomic E-state index is 0.0421. The molecular formula is C23H20BrNO4. The van der Waals surface area contributed by atoms with E-state index in [-0.39, 0.29) is 24.5 Å². The first-order valence-electron chi connectivity index (χ1n) is 9.10. The summed E-state index contributed by atoms with van der Waals surface area (Å²) >= 11 is 3.20. The maximum atomic E-state index is 12.7. The number of aromatic hydroxyl groups is 1. The van der Waals surface area contributed by atoms with Crippen molar-refractivity contribution in [3.8, 4) is 16.9 Å². The largest absolute Gasteiger partial charge is 0.507 e. The van der Waals surface area contributed by atoms with E-state index >= 15 is 0 Å². The van der Waals surface area contributed by atoms with E-state index in [1.54, 1.807) is 0 Å². The zero-order chi connectivity index (χ0) is 20.8. The smallest absolute Gasteiger partial charge is 0.303 e. The van der Waals surface area contributed by atoms with Crippen LogP contribution in [-0.4, -0.2) is 22.1 Å². The van der Waals surface area contributed by atoms with Gasteiger partial charge in [0, 0.05) is 12.0 Å². The normalized spacial score (nSPS) is 11.6. The number of hydrogen-bond acceptors (Lipinski definition) is 3. The number of benzene rings is 3. The summed E-state index contributed by atoms with van der Waals surface area (Å²) in [5.41, 5.74) is 3.33. The molecule has 0 aromatic heterocycles. The summed E-state index contributed by atoms with van der Waals surface area (Å²) < 4.78 is 0.416. The molecule has 29 heavy (non-hydrogen) atoms. The first-order valence-corrected chi connectivity index (χ1v) is 9.90. The van der Waals surface area contributed by atoms with Crippen LogP contribution in [0.1, 0.15) is 34.8 Å². The standard InChI is InChI=1S/C23H20BrNO4/c24-19-14-18(10-12-21(19)26)23(29)25-20(11-13-22(27)28)17-8-6-16(7-9-17)15-4-2-1-3-5-15/h1-10,12,14,20,26H,11,13H2,(H,25,29)(H,27,28)/t20-/m0/s1. The van der Waals surface area contributed by atoms with E-state index in [1.165, 1.54) is 18.2 Å². The third-order valence-electron chi connectivity index (χ3n) is 4.58. The van der Waals surface area contributed by atoms with Gasteiger partial charge in [0.2, 0.25) is 0 Å². The van der Waals surface area contributed by atoms with E-state index in [9.17, 15) is 14.7 Å². The summed E-state index contributed by atoms with van der Waals surface area (Å²) in [7, 11) is 0. The molecule has 0 aliphatic carbocycles. The van der Waals surface area contributed by atoms with E-state index in [4.69, 9.17) is 5.11 Å². The molecule has 1 amide bonds. The van der Waals surface area contributed by atoms with Gasteiger partial charge in [-0.25, -0.2) is 0 Å². The van der Waals surface area contributed by atoms with Gasteiger partial charge in [0.25, 0.3) is 5.91 Å². The molecule has 0 spiro atoms. The molecular weight excluding hydrogens is 434 g/mol. The molecule has 148 valence electrons. The maximum Gasteiger partial charge on any atom is 0.303 e. The van der Waals surface area contributed by atoms with Crippen molar-refractivity contribution in [3.05, 3.63) is 88.4 Å². The molecule has 0 radical (unpaired) electrons. The fraction of sp³-hybridized carbons (Fsp3) is 0.130. The lowest BCUT2D eigenvalue weighted by Crippen LogP contribution is -2.29. The molecule has 3 aromatic rings. The molecule has 0 heterocycles. The highest BCUT2D eigenvalue weighted by Gasteiger charge is 2.18. The van der Waals surface area contributed by atoms with Crippen molar-refractivity contribution in [1.29, 1.82) is 0 Å². The van der Waals surface area contributed by atoms with E-state index in [2.05, 4.69) is 21.2 Å². The third kappa shape index (κ3) is 5.45. The van der Waals surface area contributed by atoms with Crippen molar-refractivity contribution in [3.63, 3.8) is 0 Å². The second-order valence-corrected chi connectivity index (χ2v) is 7.47. The Hall–Kier alpha value is -3.12. The van der Waals surface area contributed by atoms with Crippen molar-refractivity contribution >= 4 is 27.8 Å². The molecule has 0 fully saturated rings. The average molecular weight is 454 g/mol. The topological polar surface area (TPSA) is 86.6 Å². The second-order valence-electron chi connectivity index (χ2n) is 6.61. The van der Waals surface area contributed by atoms with Crippen molar-refractivity contribution in [2.24, 2.45) is 0 Å². The first-order chi connectivity index (χ1) is 13.9. The van der Waals surface area contributed by atoms with Gasteiger partial charge >= 0.3 is 5.97 Å². The maximum absolute atomic E-state index is 12.7. The fourth-order valence-corrected chi connectivity index (χ4v) is 3.40. The molecule has 6 heteroatoms. The number of carboxylic acid groups (broad SMARTS) is 1. The minimum atomic E-state index is -0.919. The van der Waals surface area contributed by atoms with E-state index < -0.39 is 12.0 Å². The molecule has 3 rings (SSSR count). The Labute approximate surface area is 177 Å². The minimum Gasteiger partial charge on any atom is -0.507 e. The predicted molar refractivity (Wildman–Crippen MR) is 115 cm³/mol. The number of carboxylic acids is 1. The number of phenolic OH excluding ortho intramolecular Hbond substituents is 1. The van der Waals surface area contributed by atoms with Gasteiger partial charge in [-0.05, 0) is 57.2 Å². The molecule has 1 atom stereocenters. The number of phenols is 1. The summed E-state index contributed by atoms with van der Waals surface area (Å²) in [5, 5.41) is 21.6. The van der Waals surface area contributed by atoms with Crippen LogP contribution in [0, 0.1) is 0 Å². The molecule has 0 saturated carbocycles. The molecule has 3 aromatic carbocycles. The highest BCUT2D eigenvalue weighted by Crippen LogP contribution is 2.27. The van der Waals surface area contributed by atoms with Crippen LogP contribution in [0.4, 0.5) is 0 Å². The monoisotopic (exact) mass is 453 g/mol. The Bertz CT molecular complexity index is 1000. The van der Waals surface area contributed by atoms with Crippen LogP contribution in [0.15, 0.2) is 77.3 Å². The zero-order valence-electron chi connectivity index (χ0n) is 15.5. The highest BCUT2D eigenvalue weighted by molar-refractivity contribution is 9.10. The third-order valence-corrected chi connectivity index (χ3v) is 5.22. The Morgan fingerprint density at radius 2 is 1.59 bits per heavy atom. The number of hydrogen-bond donors (Lipinski definition) is 3. The lowest BCUT2D eigenvalue weighted by molar-refractivity contribution is -0.137. The lowest BCUT2D eigenvalue weighted by Gasteiger charge is -2.19. The van der Waals surface area contributed by atoms with E-state index in [0.29, 0.717) is 10.0 Å². The molecule has 3 N–H and O–H groups in total. The summed E-state index contributed by atoms with van der Waals surface area (Å²) in [5.74, 6) is -1.22. The number of amides is 1. The van der Waals surface area contributed by atoms with Gasteiger partial charge in [-0.2, -0.15) is 0 Å². The number of rotatable bonds is 7. The van der Waals surface area contributed by atoms with Gasteiger partial charge in [0.1, 0.15) is 5.75 Å². The van der Waals surface area contributed by atoms with Crippen LogP contribution in [0.3, 0.4) is 0 Å². The number of carbonyl (C=O) groups is 2. The molecule has 0 aliphatic heterocycles. The SMILES string of the molecule is O=C(O)CC[C@H](NC(=O)c1ccc(O)c(Br)c1)c1ccc(-c2ccccc2)cc1. The summed E-state index contributed by atoms with van der Waals surface area (Å²) in [6.45, 7) is 0. The Kier molecular flexibility index (Phi) is 6.67. The van der Waals surface area contributed by atoms with Crippen molar-refractivity contribution in [2.75, 3.05) is 0 Å². The van der Waals surface area contributed by atoms with Gasteiger partial charge in [0.15, 0.2) is 0 Å². The second kappa shape index (κ2) is 9.39.